The fraction of sp³-hybridized carbons (Fsp3) is 0.143. The maximum absolute atomic E-state index is 12.4. The average Bonchev–Trinajstić information content (AvgIpc) is 2.67. The predicted octanol–water partition coefficient (Wildman–Crippen LogP) is 3.86. The molecule has 3 amide bonds. The lowest BCUT2D eigenvalue weighted by atomic mass is 10.1. The van der Waals surface area contributed by atoms with Gasteiger partial charge in [-0.1, -0.05) is 42.5 Å². The van der Waals surface area contributed by atoms with Crippen LogP contribution in [0.2, 0.25) is 0 Å². The molecule has 5 nitrogen and oxygen atoms in total. The van der Waals surface area contributed by atoms with Gasteiger partial charge in [0.2, 0.25) is 0 Å². The number of carbonyl (C=O) groups excluding carboxylic acids is 2. The van der Waals surface area contributed by atoms with Crippen LogP contribution in [0.3, 0.4) is 0 Å². The molecule has 0 aliphatic heterocycles. The molecule has 3 aromatic carbocycles. The van der Waals surface area contributed by atoms with Crippen LogP contribution in [0, 0.1) is 0 Å². The third kappa shape index (κ3) is 4.00. The molecule has 132 valence electrons. The lowest BCUT2D eigenvalue weighted by Gasteiger charge is -2.18. The first-order chi connectivity index (χ1) is 12.6. The van der Waals surface area contributed by atoms with Gasteiger partial charge in [0.05, 0.1) is 0 Å². The topological polar surface area (TPSA) is 61.4 Å². The quantitative estimate of drug-likeness (QED) is 0.753. The molecule has 0 radical (unpaired) electrons. The Morgan fingerprint density at radius 3 is 2.31 bits per heavy atom. The largest absolute Gasteiger partial charge is 0.355 e. The van der Waals surface area contributed by atoms with Crippen LogP contribution in [0.25, 0.3) is 10.8 Å². The number of urea groups is 1. The number of hydrogen-bond donors (Lipinski definition) is 2. The number of nitrogens with zero attached hydrogens (tertiary/aromatic N) is 1. The van der Waals surface area contributed by atoms with Crippen molar-refractivity contribution in [3.8, 4) is 0 Å². The van der Waals surface area contributed by atoms with Crippen molar-refractivity contribution in [2.24, 2.45) is 0 Å². The first-order valence-corrected chi connectivity index (χ1v) is 8.39. The van der Waals surface area contributed by atoms with E-state index < -0.39 is 0 Å². The summed E-state index contributed by atoms with van der Waals surface area (Å²) in [6.07, 6.45) is 0. The summed E-state index contributed by atoms with van der Waals surface area (Å²) in [4.78, 5) is 25.6. The minimum Gasteiger partial charge on any atom is -0.355 e. The van der Waals surface area contributed by atoms with Crippen LogP contribution in [0.4, 0.5) is 10.5 Å². The van der Waals surface area contributed by atoms with Gasteiger partial charge in [-0.3, -0.25) is 4.79 Å². The first kappa shape index (κ1) is 17.5. The van der Waals surface area contributed by atoms with Crippen molar-refractivity contribution < 1.29 is 9.59 Å². The SMILES string of the molecule is CNC(=O)c1ccc(CN(C)C(=O)Nc2ccc3ccccc3c2)cc1. The molecule has 0 fully saturated rings. The van der Waals surface area contributed by atoms with Gasteiger partial charge in [-0.05, 0) is 40.6 Å². The van der Waals surface area contributed by atoms with Crippen LogP contribution in [0.15, 0.2) is 66.7 Å². The molecule has 0 saturated heterocycles. The fourth-order valence-electron chi connectivity index (χ4n) is 2.74. The summed E-state index contributed by atoms with van der Waals surface area (Å²) in [5.41, 5.74) is 2.31. The molecule has 0 aliphatic rings. The van der Waals surface area contributed by atoms with E-state index in [2.05, 4.69) is 10.6 Å². The summed E-state index contributed by atoms with van der Waals surface area (Å²) in [6, 6.07) is 20.9. The highest BCUT2D eigenvalue weighted by atomic mass is 16.2. The first-order valence-electron chi connectivity index (χ1n) is 8.39. The molecule has 0 bridgehead atoms. The van der Waals surface area contributed by atoms with E-state index in [1.807, 2.05) is 54.6 Å². The van der Waals surface area contributed by atoms with E-state index in [0.717, 1.165) is 22.0 Å². The lowest BCUT2D eigenvalue weighted by molar-refractivity contribution is 0.0963. The molecule has 3 aromatic rings. The number of benzene rings is 3. The summed E-state index contributed by atoms with van der Waals surface area (Å²) >= 11 is 0. The van der Waals surface area contributed by atoms with E-state index >= 15 is 0 Å². The lowest BCUT2D eigenvalue weighted by Crippen LogP contribution is -2.30. The smallest absolute Gasteiger partial charge is 0.321 e. The second-order valence-corrected chi connectivity index (χ2v) is 6.12. The summed E-state index contributed by atoms with van der Waals surface area (Å²) in [5, 5.41) is 7.72. The monoisotopic (exact) mass is 347 g/mol. The zero-order valence-corrected chi connectivity index (χ0v) is 14.8. The molecule has 0 atom stereocenters. The van der Waals surface area contributed by atoms with Gasteiger partial charge in [0, 0.05) is 31.9 Å². The highest BCUT2D eigenvalue weighted by Gasteiger charge is 2.10. The van der Waals surface area contributed by atoms with E-state index in [4.69, 9.17) is 0 Å². The molecule has 26 heavy (non-hydrogen) atoms. The minimum absolute atomic E-state index is 0.126. The molecule has 0 spiro atoms. The van der Waals surface area contributed by atoms with Crippen LogP contribution >= 0.6 is 0 Å². The summed E-state index contributed by atoms with van der Waals surface area (Å²) in [7, 11) is 3.34. The predicted molar refractivity (Wildman–Crippen MR) is 104 cm³/mol. The van der Waals surface area contributed by atoms with Crippen molar-refractivity contribution in [1.29, 1.82) is 0 Å². The van der Waals surface area contributed by atoms with Gasteiger partial charge in [0.25, 0.3) is 5.91 Å². The molecular weight excluding hydrogens is 326 g/mol. The Kier molecular flexibility index (Phi) is 5.17. The third-order valence-electron chi connectivity index (χ3n) is 4.21. The standard InChI is InChI=1S/C21H21N3O2/c1-22-20(25)17-9-7-15(8-10-17)14-24(2)21(26)23-19-12-11-16-5-3-4-6-18(16)13-19/h3-13H,14H2,1-2H3,(H,22,25)(H,23,26). The maximum atomic E-state index is 12.4. The normalized spacial score (nSPS) is 10.4. The van der Waals surface area contributed by atoms with Crippen LogP contribution < -0.4 is 10.6 Å². The fourth-order valence-corrected chi connectivity index (χ4v) is 2.74. The highest BCUT2D eigenvalue weighted by Crippen LogP contribution is 2.19. The second kappa shape index (κ2) is 7.70. The molecule has 2 N–H and O–H groups in total. The Morgan fingerprint density at radius 2 is 1.62 bits per heavy atom. The van der Waals surface area contributed by atoms with Crippen molar-refractivity contribution >= 4 is 28.4 Å². The number of hydrogen-bond acceptors (Lipinski definition) is 2. The Labute approximate surface area is 152 Å². The van der Waals surface area contributed by atoms with Gasteiger partial charge in [0.1, 0.15) is 0 Å². The number of fused-ring (bicyclic) bond motifs is 1. The molecule has 3 rings (SSSR count). The Hall–Kier alpha value is -3.34. The van der Waals surface area contributed by atoms with Gasteiger partial charge in [-0.15, -0.1) is 0 Å². The number of rotatable bonds is 4. The van der Waals surface area contributed by atoms with Crippen molar-refractivity contribution in [2.45, 2.75) is 6.54 Å². The second-order valence-electron chi connectivity index (χ2n) is 6.12. The van der Waals surface area contributed by atoms with Gasteiger partial charge in [0.15, 0.2) is 0 Å². The zero-order valence-electron chi connectivity index (χ0n) is 14.8. The molecule has 5 heteroatoms. The van der Waals surface area contributed by atoms with E-state index in [1.54, 1.807) is 31.1 Å². The molecular formula is C21H21N3O2. The van der Waals surface area contributed by atoms with Crippen molar-refractivity contribution in [3.05, 3.63) is 77.9 Å². The Balaban J connectivity index is 1.64. The van der Waals surface area contributed by atoms with E-state index in [0.29, 0.717) is 12.1 Å². The van der Waals surface area contributed by atoms with Crippen molar-refractivity contribution in [1.82, 2.24) is 10.2 Å². The summed E-state index contributed by atoms with van der Waals surface area (Å²) in [5.74, 6) is -0.126. The van der Waals surface area contributed by atoms with Gasteiger partial charge in [-0.25, -0.2) is 4.79 Å². The average molecular weight is 347 g/mol. The highest BCUT2D eigenvalue weighted by molar-refractivity contribution is 5.94. The van der Waals surface area contributed by atoms with Crippen molar-refractivity contribution in [3.63, 3.8) is 0 Å². The minimum atomic E-state index is -0.185. The van der Waals surface area contributed by atoms with Gasteiger partial charge >= 0.3 is 6.03 Å². The van der Waals surface area contributed by atoms with Gasteiger partial charge < -0.3 is 15.5 Å². The third-order valence-corrected chi connectivity index (χ3v) is 4.21. The van der Waals surface area contributed by atoms with E-state index in [1.165, 1.54) is 0 Å². The summed E-state index contributed by atoms with van der Waals surface area (Å²) in [6.45, 7) is 0.452. The number of nitrogens with one attached hydrogen (secondary N) is 2. The molecule has 0 aliphatic carbocycles. The molecule has 0 aromatic heterocycles. The van der Waals surface area contributed by atoms with Crippen LogP contribution in [0.5, 0.6) is 0 Å². The number of carbonyl (C=O) groups is 2. The molecule has 0 unspecified atom stereocenters. The number of amides is 3. The molecule has 0 heterocycles. The van der Waals surface area contributed by atoms with Crippen molar-refractivity contribution in [2.75, 3.05) is 19.4 Å². The van der Waals surface area contributed by atoms with E-state index in [9.17, 15) is 9.59 Å². The van der Waals surface area contributed by atoms with Crippen LogP contribution in [-0.4, -0.2) is 30.9 Å². The van der Waals surface area contributed by atoms with E-state index in [-0.39, 0.29) is 11.9 Å². The van der Waals surface area contributed by atoms with Gasteiger partial charge in [-0.2, -0.15) is 0 Å². The Morgan fingerprint density at radius 1 is 0.923 bits per heavy atom. The Bertz CT molecular complexity index is 935. The zero-order chi connectivity index (χ0) is 18.5. The van der Waals surface area contributed by atoms with Crippen LogP contribution in [0.1, 0.15) is 15.9 Å². The molecule has 0 saturated carbocycles. The number of anilines is 1. The van der Waals surface area contributed by atoms with Crippen LogP contribution in [-0.2, 0) is 6.54 Å². The summed E-state index contributed by atoms with van der Waals surface area (Å²) < 4.78 is 0. The maximum Gasteiger partial charge on any atom is 0.321 e.